The van der Waals surface area contributed by atoms with Gasteiger partial charge < -0.3 is 0 Å². The first-order chi connectivity index (χ1) is 14.0. The van der Waals surface area contributed by atoms with Gasteiger partial charge in [0, 0.05) is 22.6 Å². The predicted molar refractivity (Wildman–Crippen MR) is 126 cm³/mol. The molecule has 29 heavy (non-hydrogen) atoms. The molecule has 7 heteroatoms. The van der Waals surface area contributed by atoms with Crippen molar-refractivity contribution in [1.82, 2.24) is 10.4 Å². The summed E-state index contributed by atoms with van der Waals surface area (Å²) in [7, 11) is 0. The first-order valence-corrected chi connectivity index (χ1v) is 11.4. The van der Waals surface area contributed by atoms with Gasteiger partial charge >= 0.3 is 0 Å². The summed E-state index contributed by atoms with van der Waals surface area (Å²) < 4.78 is 1.17. The summed E-state index contributed by atoms with van der Waals surface area (Å²) in [6.07, 6.45) is 3.44. The number of hydrazine groups is 1. The van der Waals surface area contributed by atoms with Gasteiger partial charge in [-0.1, -0.05) is 49.2 Å². The van der Waals surface area contributed by atoms with E-state index >= 15 is 0 Å². The molecular formula is C22H24ClIN4O. The SMILES string of the molecule is C[C@@H]1C(C(=O)NN2CCCCC2)=NN(c2ccccc2Cl)[C@@H]1c1ccc(I)cc1. The number of nitrogens with zero attached hydrogens (tertiary/aromatic N) is 3. The summed E-state index contributed by atoms with van der Waals surface area (Å²) in [5.41, 5.74) is 5.53. The van der Waals surface area contributed by atoms with Gasteiger partial charge in [-0.25, -0.2) is 5.01 Å². The number of hydrazone groups is 1. The Balaban J connectivity index is 1.66. The van der Waals surface area contributed by atoms with Gasteiger partial charge in [0.2, 0.25) is 0 Å². The number of piperidine rings is 1. The molecule has 2 aromatic rings. The molecule has 1 amide bonds. The molecule has 0 spiro atoms. The van der Waals surface area contributed by atoms with Crippen LogP contribution in [0.15, 0.2) is 53.6 Å². The van der Waals surface area contributed by atoms with Crippen molar-refractivity contribution in [3.63, 3.8) is 0 Å². The van der Waals surface area contributed by atoms with Crippen molar-refractivity contribution in [2.45, 2.75) is 32.2 Å². The second kappa shape index (κ2) is 9.02. The third-order valence-electron chi connectivity index (χ3n) is 5.54. The van der Waals surface area contributed by atoms with Crippen LogP contribution in [0.4, 0.5) is 5.69 Å². The Morgan fingerprint density at radius 3 is 2.48 bits per heavy atom. The Morgan fingerprint density at radius 2 is 1.79 bits per heavy atom. The Morgan fingerprint density at radius 1 is 1.10 bits per heavy atom. The highest BCUT2D eigenvalue weighted by molar-refractivity contribution is 14.1. The van der Waals surface area contributed by atoms with Crippen LogP contribution in [0, 0.1) is 9.49 Å². The monoisotopic (exact) mass is 522 g/mol. The van der Waals surface area contributed by atoms with Crippen molar-refractivity contribution in [2.24, 2.45) is 11.0 Å². The fourth-order valence-corrected chi connectivity index (χ4v) is 4.60. The van der Waals surface area contributed by atoms with Crippen molar-refractivity contribution in [2.75, 3.05) is 18.1 Å². The molecule has 1 saturated heterocycles. The van der Waals surface area contributed by atoms with Crippen LogP contribution in [0.25, 0.3) is 0 Å². The highest BCUT2D eigenvalue weighted by atomic mass is 127. The molecule has 0 saturated carbocycles. The van der Waals surface area contributed by atoms with Crippen LogP contribution < -0.4 is 10.4 Å². The standard InChI is InChI=1S/C22H24ClIN4O/c1-15-20(22(29)26-27-13-5-2-6-14-27)25-28(19-8-4-3-7-18(19)23)21(15)16-9-11-17(24)12-10-16/h3-4,7-12,15,21H,2,5-6,13-14H2,1H3,(H,26,29)/t15-,21+/m1/s1. The molecule has 1 fully saturated rings. The molecule has 1 N–H and O–H groups in total. The average molecular weight is 523 g/mol. The van der Waals surface area contributed by atoms with E-state index < -0.39 is 0 Å². The lowest BCUT2D eigenvalue weighted by molar-refractivity contribution is -0.120. The highest BCUT2D eigenvalue weighted by Gasteiger charge is 2.40. The largest absolute Gasteiger partial charge is 0.284 e. The van der Waals surface area contributed by atoms with E-state index in [1.165, 1.54) is 9.99 Å². The van der Waals surface area contributed by atoms with Gasteiger partial charge in [0.25, 0.3) is 5.91 Å². The zero-order valence-electron chi connectivity index (χ0n) is 16.3. The number of hydrogen-bond acceptors (Lipinski definition) is 4. The summed E-state index contributed by atoms with van der Waals surface area (Å²) in [4.78, 5) is 13.1. The maximum Gasteiger partial charge on any atom is 0.282 e. The minimum atomic E-state index is -0.121. The molecule has 0 aliphatic carbocycles. The number of carbonyl (C=O) groups is 1. The minimum Gasteiger partial charge on any atom is -0.284 e. The van der Waals surface area contributed by atoms with Gasteiger partial charge in [-0.2, -0.15) is 5.10 Å². The minimum absolute atomic E-state index is 0.0730. The molecule has 0 bridgehead atoms. The number of nitrogens with one attached hydrogen (secondary N) is 1. The Bertz CT molecular complexity index is 911. The zero-order chi connectivity index (χ0) is 20.4. The van der Waals surface area contributed by atoms with Crippen molar-refractivity contribution in [3.05, 3.63) is 62.7 Å². The van der Waals surface area contributed by atoms with Crippen molar-refractivity contribution in [3.8, 4) is 0 Å². The Labute approximate surface area is 190 Å². The van der Waals surface area contributed by atoms with Crippen LogP contribution in [0.1, 0.15) is 37.8 Å². The number of carbonyl (C=O) groups excluding carboxylic acids is 1. The van der Waals surface area contributed by atoms with Crippen LogP contribution in [0.5, 0.6) is 0 Å². The molecule has 4 rings (SSSR count). The van der Waals surface area contributed by atoms with Crippen LogP contribution in [0.3, 0.4) is 0 Å². The van der Waals surface area contributed by atoms with E-state index in [0.29, 0.717) is 10.7 Å². The first-order valence-electron chi connectivity index (χ1n) is 9.98. The quantitative estimate of drug-likeness (QED) is 0.574. The van der Waals surface area contributed by atoms with Crippen molar-refractivity contribution in [1.29, 1.82) is 0 Å². The van der Waals surface area contributed by atoms with Gasteiger partial charge in [-0.05, 0) is 65.3 Å². The third-order valence-corrected chi connectivity index (χ3v) is 6.58. The molecule has 2 aromatic carbocycles. The third kappa shape index (κ3) is 4.44. The molecule has 2 atom stereocenters. The lowest BCUT2D eigenvalue weighted by Gasteiger charge is -2.28. The van der Waals surface area contributed by atoms with Crippen LogP contribution in [-0.4, -0.2) is 29.7 Å². The second-order valence-corrected chi connectivity index (χ2v) is 9.21. The van der Waals surface area contributed by atoms with E-state index in [-0.39, 0.29) is 17.9 Å². The fraction of sp³-hybridized carbons (Fsp3) is 0.364. The number of rotatable bonds is 4. The zero-order valence-corrected chi connectivity index (χ0v) is 19.2. The van der Waals surface area contributed by atoms with E-state index in [2.05, 4.69) is 59.2 Å². The van der Waals surface area contributed by atoms with E-state index in [0.717, 1.165) is 37.2 Å². The maximum absolute atomic E-state index is 13.1. The van der Waals surface area contributed by atoms with Gasteiger partial charge in [0.15, 0.2) is 0 Å². The van der Waals surface area contributed by atoms with Crippen LogP contribution >= 0.6 is 34.2 Å². The van der Waals surface area contributed by atoms with Gasteiger partial charge in [0.05, 0.1) is 16.8 Å². The van der Waals surface area contributed by atoms with E-state index in [1.54, 1.807) is 0 Å². The first kappa shape index (κ1) is 20.6. The second-order valence-electron chi connectivity index (χ2n) is 7.55. The predicted octanol–water partition coefficient (Wildman–Crippen LogP) is 5.02. The summed E-state index contributed by atoms with van der Waals surface area (Å²) in [5.74, 6) is -0.194. The number of hydrogen-bond donors (Lipinski definition) is 1. The number of para-hydroxylation sites is 1. The topological polar surface area (TPSA) is 47.9 Å². The van der Waals surface area contributed by atoms with Gasteiger partial charge in [-0.3, -0.25) is 15.2 Å². The fourth-order valence-electron chi connectivity index (χ4n) is 4.02. The Hall–Kier alpha value is -1.64. The lowest BCUT2D eigenvalue weighted by Crippen LogP contribution is -2.48. The molecule has 0 aromatic heterocycles. The smallest absolute Gasteiger partial charge is 0.282 e. The number of benzene rings is 2. The van der Waals surface area contributed by atoms with Gasteiger partial charge in [0.1, 0.15) is 5.71 Å². The highest BCUT2D eigenvalue weighted by Crippen LogP contribution is 2.41. The van der Waals surface area contributed by atoms with Crippen LogP contribution in [-0.2, 0) is 4.79 Å². The molecule has 2 aliphatic heterocycles. The molecular weight excluding hydrogens is 499 g/mol. The number of amides is 1. The summed E-state index contributed by atoms with van der Waals surface area (Å²) >= 11 is 8.79. The molecule has 0 unspecified atom stereocenters. The summed E-state index contributed by atoms with van der Waals surface area (Å²) in [6, 6.07) is 15.9. The van der Waals surface area contributed by atoms with E-state index in [9.17, 15) is 4.79 Å². The molecule has 2 aliphatic rings. The van der Waals surface area contributed by atoms with E-state index in [1.807, 2.05) is 34.3 Å². The number of anilines is 1. The van der Waals surface area contributed by atoms with E-state index in [4.69, 9.17) is 16.7 Å². The molecule has 2 heterocycles. The Kier molecular flexibility index (Phi) is 6.41. The average Bonchev–Trinajstić information content (AvgIpc) is 3.07. The molecule has 152 valence electrons. The molecule has 5 nitrogen and oxygen atoms in total. The van der Waals surface area contributed by atoms with Crippen LogP contribution in [0.2, 0.25) is 5.02 Å². The normalized spacial score (nSPS) is 22.4. The van der Waals surface area contributed by atoms with Gasteiger partial charge in [-0.15, -0.1) is 0 Å². The van der Waals surface area contributed by atoms with Crippen molar-refractivity contribution < 1.29 is 4.79 Å². The summed E-state index contributed by atoms with van der Waals surface area (Å²) in [5, 5.41) is 9.31. The lowest BCUT2D eigenvalue weighted by atomic mass is 9.91. The number of halogens is 2. The summed E-state index contributed by atoms with van der Waals surface area (Å²) in [6.45, 7) is 3.85. The maximum atomic E-state index is 13.1. The molecule has 0 radical (unpaired) electrons. The van der Waals surface area contributed by atoms with Crippen molar-refractivity contribution >= 4 is 51.5 Å².